The van der Waals surface area contributed by atoms with Crippen molar-refractivity contribution in [2.75, 3.05) is 20.3 Å². The lowest BCUT2D eigenvalue weighted by molar-refractivity contribution is -0.334. The largest absolute Gasteiger partial charge is 0.508 e. The van der Waals surface area contributed by atoms with Gasteiger partial charge in [0.2, 0.25) is 41.6 Å². The number of aliphatic carboxylic acids is 1. The number of phenols is 3. The number of benzene rings is 7. The summed E-state index contributed by atoms with van der Waals surface area (Å²) in [7, 11) is 1.18. The number of primary amides is 1. The summed E-state index contributed by atoms with van der Waals surface area (Å²) < 4.78 is 50.9. The molecular formula is C86H94Cl2N6O27. The van der Waals surface area contributed by atoms with Gasteiger partial charge >= 0.3 is 11.9 Å². The van der Waals surface area contributed by atoms with Crippen LogP contribution in [0.25, 0.3) is 22.3 Å². The van der Waals surface area contributed by atoms with Crippen molar-refractivity contribution in [3.05, 3.63) is 177 Å². The summed E-state index contributed by atoms with van der Waals surface area (Å²) in [5.74, 6) is -20.2. The number of carbonyl (C=O) groups excluding carboxylic acids is 8. The topological polar surface area (TPSA) is 516 Å². The molecule has 121 heavy (non-hydrogen) atoms. The highest BCUT2D eigenvalue weighted by molar-refractivity contribution is 6.32. The van der Waals surface area contributed by atoms with E-state index in [2.05, 4.69) is 26.6 Å². The van der Waals surface area contributed by atoms with E-state index in [0.717, 1.165) is 71.8 Å². The van der Waals surface area contributed by atoms with Crippen molar-refractivity contribution in [1.82, 2.24) is 26.6 Å². The standard InChI is InChI=1S/C86H94Cl2N6O27/c1-7-41(23-38(2)3)79(107)93-70-57(99)27-48(30-65(89)101)80(108)91-68-47-28-61(117-59-21-18-45(72(70)102)25-53(59)87)76(121-85-77(75(105)74(104)64(36-95)119-85)120-66-34-86(5,78(106)39(4)116-66)90-35-63(84(113)114-6)115-37-40-13-15-43(16-14-40)42-11-9-8-10-12-42)62(29-47)118-60-22-19-46(26-54(60)88)73(103)71-82(110)92-69(83(111)112)52-31-49(96)32-56(98)67(52)51-24-44(17-20-55(51)97)50(33-58(68)100)81(109)94-71/h8-22,24-26,28-29,31-32,38-39,41,48,50,63-64,66,68-75,77-78,85,90,95-98,102-106H,7,23,27,30,33-37H2,1-6H3,(H2,89,101)(H,91,108)(H,92,110)(H,93,107)(H,94,109)(H,111,112)/t39?,41-,48?,50?,63?,64?,66?,68?,69?,70-,71+,72?,73-,74?,75?,77?,78?,85?,86?/m1/s1. The van der Waals surface area contributed by atoms with Gasteiger partial charge < -0.3 is 121 Å². The Morgan fingerprint density at radius 1 is 0.702 bits per heavy atom. The third-order valence-electron chi connectivity index (χ3n) is 22.2. The number of fused-ring (bicyclic) bond motifs is 15. The molecule has 0 radical (unpaired) electrons. The molecule has 0 spiro atoms. The van der Waals surface area contributed by atoms with E-state index >= 15 is 24.0 Å². The quantitative estimate of drug-likeness (QED) is 0.0338. The fraction of sp³-hybridized carbons (Fsp3) is 0.407. The molecule has 5 amide bonds. The maximum absolute atomic E-state index is 16.4. The van der Waals surface area contributed by atoms with Crippen molar-refractivity contribution >= 4 is 76.2 Å². The summed E-state index contributed by atoms with van der Waals surface area (Å²) in [4.78, 5) is 132. The van der Waals surface area contributed by atoms with Crippen molar-refractivity contribution < 1.29 is 132 Å². The smallest absolute Gasteiger partial charge is 0.336 e. The zero-order valence-electron chi connectivity index (χ0n) is 66.3. The maximum atomic E-state index is 16.4. The number of hydrogen-bond donors (Lipinski definition) is 16. The molecule has 7 heterocycles. The van der Waals surface area contributed by atoms with Crippen LogP contribution in [-0.2, 0) is 73.4 Å². The van der Waals surface area contributed by atoms with E-state index in [1.54, 1.807) is 13.8 Å². The zero-order chi connectivity index (χ0) is 87.3. The lowest BCUT2D eigenvalue weighted by atomic mass is 9.84. The van der Waals surface area contributed by atoms with E-state index in [9.17, 15) is 70.2 Å². The molecule has 7 aromatic carbocycles. The molecule has 2 saturated heterocycles. The summed E-state index contributed by atoms with van der Waals surface area (Å²) in [5.41, 5.74) is 4.48. The fourth-order valence-electron chi connectivity index (χ4n) is 15.7. The predicted molar refractivity (Wildman–Crippen MR) is 429 cm³/mol. The number of Topliss-reactive ketones (excluding diaryl/α,β-unsaturated/α-hetero) is 2. The highest BCUT2D eigenvalue weighted by Gasteiger charge is 2.53. The fourth-order valence-corrected chi connectivity index (χ4v) is 16.1. The van der Waals surface area contributed by atoms with Gasteiger partial charge in [0.25, 0.3) is 0 Å². The number of amides is 5. The number of ether oxygens (including phenoxy) is 8. The Bertz CT molecular complexity index is 5060. The van der Waals surface area contributed by atoms with Crippen LogP contribution in [0.4, 0.5) is 0 Å². The number of nitrogens with one attached hydrogen (secondary N) is 5. The average Bonchev–Trinajstić information content (AvgIpc) is 0.766. The van der Waals surface area contributed by atoms with Gasteiger partial charge in [-0.25, -0.2) is 9.59 Å². The minimum absolute atomic E-state index is 0.0358. The monoisotopic (exact) mass is 1710 g/mol. The van der Waals surface area contributed by atoms with Crippen LogP contribution >= 0.6 is 23.2 Å². The van der Waals surface area contributed by atoms with Gasteiger partial charge in [-0.3, -0.25) is 33.6 Å². The molecule has 7 aliphatic rings. The molecule has 19 atom stereocenters. The molecule has 2 fully saturated rings. The van der Waals surface area contributed by atoms with Crippen molar-refractivity contribution in [1.29, 1.82) is 0 Å². The SMILES string of the molecule is CC[C@H](CC(C)C)C(=O)N[C@@H]1C(=O)CC(CC(N)=O)C(=O)NC2C(=O)CC3C(=O)N[C@H](C(=O)NC(C(=O)O)c4cc(O)cc(O)c4-c4cc3ccc4O)[C@H](O)c3ccc(c(Cl)c3)Oc3cc2cc(c3OC2OC(CO)C(O)C(O)C2OC2CC(C)(NCC(OCc3ccc(-c4ccccc4)cc3)C(=O)OC)C(O)C(C)O2)Oc2ccc(cc2Cl)C1O. The summed E-state index contributed by atoms with van der Waals surface area (Å²) in [6.07, 6.45) is -22.2. The molecule has 33 nitrogen and oxygen atoms in total. The zero-order valence-corrected chi connectivity index (χ0v) is 67.8. The van der Waals surface area contributed by atoms with Gasteiger partial charge in [-0.1, -0.05) is 117 Å². The van der Waals surface area contributed by atoms with E-state index in [0.29, 0.717) is 12.0 Å². The van der Waals surface area contributed by atoms with E-state index in [4.69, 9.17) is 66.8 Å². The number of phenolic OH excluding ortho intramolecular Hbond substituents is 3. The number of ketones is 2. The van der Waals surface area contributed by atoms with Crippen LogP contribution in [0, 0.1) is 17.8 Å². The van der Waals surface area contributed by atoms with Crippen LogP contribution in [0.1, 0.15) is 137 Å². The molecule has 35 heteroatoms. The number of rotatable bonds is 21. The second kappa shape index (κ2) is 38.0. The Kier molecular flexibility index (Phi) is 28.1. The minimum atomic E-state index is -2.27. The summed E-state index contributed by atoms with van der Waals surface area (Å²) >= 11 is 14.4. The van der Waals surface area contributed by atoms with Crippen LogP contribution in [0.5, 0.6) is 46.0 Å². The number of carbonyl (C=O) groups is 9. The van der Waals surface area contributed by atoms with Crippen LogP contribution in [-0.4, -0.2) is 197 Å². The lowest BCUT2D eigenvalue weighted by Crippen LogP contribution is -2.66. The summed E-state index contributed by atoms with van der Waals surface area (Å²) in [5, 5.41) is 130. The van der Waals surface area contributed by atoms with Crippen LogP contribution in [0.2, 0.25) is 10.0 Å². The second-order valence-corrected chi connectivity index (χ2v) is 32.1. The van der Waals surface area contributed by atoms with Gasteiger partial charge in [0.1, 0.15) is 77.4 Å². The highest BCUT2D eigenvalue weighted by atomic mass is 35.5. The number of carboxylic acid groups (broad SMARTS) is 1. The number of aromatic hydroxyl groups is 3. The molecule has 7 aromatic rings. The van der Waals surface area contributed by atoms with Gasteiger partial charge in [-0.15, -0.1) is 0 Å². The van der Waals surface area contributed by atoms with Gasteiger partial charge in [0.05, 0.1) is 54.4 Å². The number of aliphatic hydroxyl groups excluding tert-OH is 6. The average molecular weight is 1710 g/mol. The van der Waals surface area contributed by atoms with Gasteiger partial charge in [0, 0.05) is 66.4 Å². The highest BCUT2D eigenvalue weighted by Crippen LogP contribution is 2.51. The lowest BCUT2D eigenvalue weighted by Gasteiger charge is -2.48. The van der Waals surface area contributed by atoms with Gasteiger partial charge in [0.15, 0.2) is 47.6 Å². The molecular weight excluding hydrogens is 1620 g/mol. The number of esters is 1. The van der Waals surface area contributed by atoms with Gasteiger partial charge in [-0.05, 0) is 126 Å². The van der Waals surface area contributed by atoms with Crippen LogP contribution < -0.4 is 46.5 Å². The second-order valence-electron chi connectivity index (χ2n) is 31.2. The Morgan fingerprint density at radius 2 is 1.35 bits per heavy atom. The first-order valence-electron chi connectivity index (χ1n) is 39.1. The first kappa shape index (κ1) is 89.4. The Hall–Kier alpha value is -10.9. The number of aliphatic hydroxyl groups is 6. The van der Waals surface area contributed by atoms with E-state index in [1.807, 2.05) is 68.4 Å². The molecule has 11 bridgehead atoms. The normalized spacial score (nSPS) is 26.8. The summed E-state index contributed by atoms with van der Waals surface area (Å²) in [6, 6.07) is 22.6. The summed E-state index contributed by atoms with van der Waals surface area (Å²) in [6.45, 7) is 7.26. The maximum Gasteiger partial charge on any atom is 0.336 e. The molecule has 0 aliphatic carbocycles. The number of hydrogen-bond acceptors (Lipinski definition) is 27. The first-order valence-corrected chi connectivity index (χ1v) is 39.8. The number of carboxylic acids is 1. The molecule has 14 rings (SSSR count). The minimum Gasteiger partial charge on any atom is -0.508 e. The van der Waals surface area contributed by atoms with Crippen molar-refractivity contribution in [3.63, 3.8) is 0 Å². The Labute approximate surface area is 703 Å². The Morgan fingerprint density at radius 3 is 1.96 bits per heavy atom. The third kappa shape index (κ3) is 20.0. The first-order chi connectivity index (χ1) is 57.5. The van der Waals surface area contributed by atoms with E-state index in [1.165, 1.54) is 32.2 Å². The molecule has 15 unspecified atom stereocenters. The molecule has 0 aromatic heterocycles. The third-order valence-corrected chi connectivity index (χ3v) is 22.8. The number of halogens is 2. The molecule has 7 aliphatic heterocycles. The molecule has 644 valence electrons. The van der Waals surface area contributed by atoms with Crippen LogP contribution in [0.15, 0.2) is 133 Å². The van der Waals surface area contributed by atoms with Crippen molar-refractivity contribution in [3.8, 4) is 68.2 Å². The number of methoxy groups -OCH3 is 1. The van der Waals surface area contributed by atoms with E-state index < -0.39 is 261 Å². The van der Waals surface area contributed by atoms with Gasteiger partial charge in [-0.2, -0.15) is 0 Å². The predicted octanol–water partition coefficient (Wildman–Crippen LogP) is 6.58. The van der Waals surface area contributed by atoms with Crippen LogP contribution in [0.3, 0.4) is 0 Å². The Balaban J connectivity index is 1.01. The van der Waals surface area contributed by atoms with Crippen molar-refractivity contribution in [2.24, 2.45) is 23.5 Å². The molecule has 17 N–H and O–H groups in total. The number of nitrogens with two attached hydrogens (primary N) is 1. The van der Waals surface area contributed by atoms with Crippen molar-refractivity contribution in [2.45, 2.75) is 183 Å². The molecule has 0 saturated carbocycles. The van der Waals surface area contributed by atoms with E-state index in [-0.39, 0.29) is 59.4 Å².